The van der Waals surface area contributed by atoms with Crippen molar-refractivity contribution in [3.05, 3.63) is 26.7 Å². The Labute approximate surface area is 84.8 Å². The number of anilines is 1. The van der Waals surface area contributed by atoms with Gasteiger partial charge in [-0.25, -0.2) is 0 Å². The molecule has 0 atom stereocenters. The molecule has 0 amide bonds. The highest BCUT2D eigenvalue weighted by Crippen LogP contribution is 2.36. The number of aliphatic hydroxyl groups is 1. The third-order valence-electron chi connectivity index (χ3n) is 1.46. The Kier molecular flexibility index (Phi) is 3.07. The van der Waals surface area contributed by atoms with Crippen molar-refractivity contribution < 1.29 is 5.11 Å². The molecule has 1 aromatic carbocycles. The minimum absolute atomic E-state index is 0.212. The van der Waals surface area contributed by atoms with Crippen LogP contribution in [0.1, 0.15) is 5.56 Å². The predicted octanol–water partition coefficient (Wildman–Crippen LogP) is 2.72. The zero-order chi connectivity index (χ0) is 9.30. The van der Waals surface area contributed by atoms with Crippen molar-refractivity contribution in [1.82, 2.24) is 0 Å². The quantitative estimate of drug-likeness (QED) is 0.571. The molecule has 66 valence electrons. The second kappa shape index (κ2) is 3.71. The summed E-state index contributed by atoms with van der Waals surface area (Å²) < 4.78 is 0. The Morgan fingerprint density at radius 1 is 1.25 bits per heavy atom. The van der Waals surface area contributed by atoms with Crippen molar-refractivity contribution in [2.24, 2.45) is 0 Å². The average Bonchev–Trinajstić information content (AvgIpc) is 2.01. The fourth-order valence-electron chi connectivity index (χ4n) is 0.812. The first-order valence-corrected chi connectivity index (χ1v) is 4.24. The van der Waals surface area contributed by atoms with Gasteiger partial charge in [0.15, 0.2) is 0 Å². The molecular formula is C7H6Cl3NO. The molecule has 0 saturated carbocycles. The highest BCUT2D eigenvalue weighted by atomic mass is 35.5. The van der Waals surface area contributed by atoms with Gasteiger partial charge in [0.25, 0.3) is 0 Å². The van der Waals surface area contributed by atoms with Crippen LogP contribution in [0.15, 0.2) is 6.07 Å². The highest BCUT2D eigenvalue weighted by molar-refractivity contribution is 6.48. The van der Waals surface area contributed by atoms with Crippen molar-refractivity contribution in [2.45, 2.75) is 6.61 Å². The summed E-state index contributed by atoms with van der Waals surface area (Å²) in [5.74, 6) is 0. The summed E-state index contributed by atoms with van der Waals surface area (Å²) in [6.07, 6.45) is 0. The molecule has 0 spiro atoms. The molecule has 0 bridgehead atoms. The summed E-state index contributed by atoms with van der Waals surface area (Å²) in [7, 11) is 0. The SMILES string of the molecule is Nc1cc(Cl)c(Cl)c(Cl)c1CO. The van der Waals surface area contributed by atoms with Gasteiger partial charge in [0.05, 0.1) is 21.7 Å². The smallest absolute Gasteiger partial charge is 0.0783 e. The van der Waals surface area contributed by atoms with Crippen LogP contribution in [0.2, 0.25) is 15.1 Å². The van der Waals surface area contributed by atoms with Crippen molar-refractivity contribution >= 4 is 40.5 Å². The van der Waals surface area contributed by atoms with Gasteiger partial charge in [-0.3, -0.25) is 0 Å². The van der Waals surface area contributed by atoms with Gasteiger partial charge in [0.2, 0.25) is 0 Å². The van der Waals surface area contributed by atoms with Crippen LogP contribution < -0.4 is 5.73 Å². The third kappa shape index (κ3) is 1.62. The topological polar surface area (TPSA) is 46.2 Å². The summed E-state index contributed by atoms with van der Waals surface area (Å²) in [6, 6.07) is 1.46. The van der Waals surface area contributed by atoms with Crippen LogP contribution in [0, 0.1) is 0 Å². The summed E-state index contributed by atoms with van der Waals surface area (Å²) >= 11 is 17.1. The summed E-state index contributed by atoms with van der Waals surface area (Å²) in [6.45, 7) is -0.248. The molecule has 0 aliphatic rings. The highest BCUT2D eigenvalue weighted by Gasteiger charge is 2.11. The molecule has 0 saturated heterocycles. The predicted molar refractivity (Wildman–Crippen MR) is 51.8 cm³/mol. The molecule has 0 fully saturated rings. The standard InChI is InChI=1S/C7H6Cl3NO/c8-4-1-5(11)3(2-12)6(9)7(4)10/h1,12H,2,11H2. The van der Waals surface area contributed by atoms with Crippen molar-refractivity contribution in [1.29, 1.82) is 0 Å². The number of hydrogen-bond donors (Lipinski definition) is 2. The van der Waals surface area contributed by atoms with E-state index >= 15 is 0 Å². The molecule has 1 rings (SSSR count). The van der Waals surface area contributed by atoms with Gasteiger partial charge in [-0.1, -0.05) is 34.8 Å². The average molecular weight is 226 g/mol. The Morgan fingerprint density at radius 3 is 2.33 bits per heavy atom. The maximum atomic E-state index is 8.85. The van der Waals surface area contributed by atoms with E-state index in [0.717, 1.165) is 0 Å². The molecule has 0 radical (unpaired) electrons. The monoisotopic (exact) mass is 225 g/mol. The number of benzene rings is 1. The number of hydrogen-bond acceptors (Lipinski definition) is 2. The molecule has 12 heavy (non-hydrogen) atoms. The molecular weight excluding hydrogens is 220 g/mol. The number of rotatable bonds is 1. The van der Waals surface area contributed by atoms with Gasteiger partial charge in [0.1, 0.15) is 0 Å². The Hall–Kier alpha value is -0.150. The molecule has 0 aromatic heterocycles. The number of halogens is 3. The lowest BCUT2D eigenvalue weighted by molar-refractivity contribution is 0.282. The van der Waals surface area contributed by atoms with E-state index in [1.807, 2.05) is 0 Å². The molecule has 5 heteroatoms. The fraction of sp³-hybridized carbons (Fsp3) is 0.143. The number of nitrogens with two attached hydrogens (primary N) is 1. The van der Waals surface area contributed by atoms with Gasteiger partial charge in [0, 0.05) is 11.3 Å². The summed E-state index contributed by atoms with van der Waals surface area (Å²) in [4.78, 5) is 0. The molecule has 3 N–H and O–H groups in total. The zero-order valence-corrected chi connectivity index (χ0v) is 8.21. The Morgan fingerprint density at radius 2 is 1.83 bits per heavy atom. The van der Waals surface area contributed by atoms with E-state index < -0.39 is 0 Å². The van der Waals surface area contributed by atoms with Crippen LogP contribution >= 0.6 is 34.8 Å². The van der Waals surface area contributed by atoms with Gasteiger partial charge in [-0.2, -0.15) is 0 Å². The third-order valence-corrected chi connectivity index (χ3v) is 2.76. The first-order chi connectivity index (χ1) is 5.57. The van der Waals surface area contributed by atoms with Crippen molar-refractivity contribution in [3.8, 4) is 0 Å². The van der Waals surface area contributed by atoms with Gasteiger partial charge < -0.3 is 10.8 Å². The number of nitrogen functional groups attached to an aromatic ring is 1. The minimum atomic E-state index is -0.248. The van der Waals surface area contributed by atoms with Crippen LogP contribution in [0.5, 0.6) is 0 Å². The molecule has 0 aliphatic carbocycles. The zero-order valence-electron chi connectivity index (χ0n) is 5.94. The van der Waals surface area contributed by atoms with E-state index in [-0.39, 0.29) is 21.7 Å². The lowest BCUT2D eigenvalue weighted by Gasteiger charge is -2.07. The van der Waals surface area contributed by atoms with Crippen LogP contribution in [0.4, 0.5) is 5.69 Å². The van der Waals surface area contributed by atoms with Gasteiger partial charge in [-0.15, -0.1) is 0 Å². The van der Waals surface area contributed by atoms with E-state index in [2.05, 4.69) is 0 Å². The van der Waals surface area contributed by atoms with E-state index in [0.29, 0.717) is 11.3 Å². The first kappa shape index (κ1) is 9.93. The first-order valence-electron chi connectivity index (χ1n) is 3.10. The lowest BCUT2D eigenvalue weighted by atomic mass is 10.2. The maximum absolute atomic E-state index is 8.85. The molecule has 2 nitrogen and oxygen atoms in total. The summed E-state index contributed by atoms with van der Waals surface area (Å²) in [5, 5.41) is 9.57. The van der Waals surface area contributed by atoms with E-state index in [4.69, 9.17) is 45.6 Å². The normalized spacial score (nSPS) is 10.3. The maximum Gasteiger partial charge on any atom is 0.0783 e. The Bertz CT molecular complexity index is 314. The molecule has 0 aliphatic heterocycles. The molecule has 0 heterocycles. The van der Waals surface area contributed by atoms with Crippen LogP contribution in [0.3, 0.4) is 0 Å². The van der Waals surface area contributed by atoms with Crippen molar-refractivity contribution in [2.75, 3.05) is 5.73 Å². The lowest BCUT2D eigenvalue weighted by Crippen LogP contribution is -1.95. The summed E-state index contributed by atoms with van der Waals surface area (Å²) in [5.41, 5.74) is 6.27. The van der Waals surface area contributed by atoms with Gasteiger partial charge in [-0.05, 0) is 6.07 Å². The van der Waals surface area contributed by atoms with Gasteiger partial charge >= 0.3 is 0 Å². The van der Waals surface area contributed by atoms with E-state index in [1.54, 1.807) is 0 Å². The Balaban J connectivity index is 3.40. The van der Waals surface area contributed by atoms with Crippen molar-refractivity contribution in [3.63, 3.8) is 0 Å². The van der Waals surface area contributed by atoms with Crippen LogP contribution in [-0.2, 0) is 6.61 Å². The fourth-order valence-corrected chi connectivity index (χ4v) is 1.51. The van der Waals surface area contributed by atoms with E-state index in [1.165, 1.54) is 6.07 Å². The molecule has 1 aromatic rings. The molecule has 0 unspecified atom stereocenters. The number of aliphatic hydroxyl groups excluding tert-OH is 1. The second-order valence-electron chi connectivity index (χ2n) is 2.21. The van der Waals surface area contributed by atoms with E-state index in [9.17, 15) is 0 Å². The van der Waals surface area contributed by atoms with Crippen LogP contribution in [0.25, 0.3) is 0 Å². The van der Waals surface area contributed by atoms with Crippen LogP contribution in [-0.4, -0.2) is 5.11 Å². The second-order valence-corrected chi connectivity index (χ2v) is 3.38. The largest absolute Gasteiger partial charge is 0.398 e. The minimum Gasteiger partial charge on any atom is -0.398 e.